The van der Waals surface area contributed by atoms with Crippen LogP contribution in [0.1, 0.15) is 55.3 Å². The van der Waals surface area contributed by atoms with E-state index in [0.29, 0.717) is 12.3 Å². The Morgan fingerprint density at radius 2 is 2.05 bits per heavy atom. The zero-order valence-electron chi connectivity index (χ0n) is 11.5. The van der Waals surface area contributed by atoms with Gasteiger partial charge in [0.2, 0.25) is 5.91 Å². The van der Waals surface area contributed by atoms with Gasteiger partial charge in [0.15, 0.2) is 0 Å². The summed E-state index contributed by atoms with van der Waals surface area (Å²) >= 11 is 5.60. The first-order valence-corrected chi connectivity index (χ1v) is 7.71. The number of carbonyl (C=O) groups is 1. The topological polar surface area (TPSA) is 29.1 Å². The van der Waals surface area contributed by atoms with Crippen LogP contribution in [0.15, 0.2) is 18.2 Å². The van der Waals surface area contributed by atoms with Crippen molar-refractivity contribution in [3.8, 4) is 0 Å². The second-order valence-electron chi connectivity index (χ2n) is 5.32. The fourth-order valence-electron chi connectivity index (χ4n) is 2.65. The molecule has 1 aliphatic rings. The van der Waals surface area contributed by atoms with Crippen LogP contribution in [0, 0.1) is 0 Å². The molecule has 0 fully saturated rings. The Bertz CT molecular complexity index is 444. The first-order valence-electron chi connectivity index (χ1n) is 7.17. The molecule has 0 bridgehead atoms. The maximum absolute atomic E-state index is 11.7. The average molecular weight is 280 g/mol. The molecule has 104 valence electrons. The second kappa shape index (κ2) is 6.95. The van der Waals surface area contributed by atoms with Gasteiger partial charge in [-0.3, -0.25) is 4.79 Å². The number of benzene rings is 1. The van der Waals surface area contributed by atoms with Gasteiger partial charge in [-0.05, 0) is 55.7 Å². The number of aryl methyl sites for hydroxylation is 2. The van der Waals surface area contributed by atoms with Gasteiger partial charge in [0, 0.05) is 12.3 Å². The van der Waals surface area contributed by atoms with E-state index in [-0.39, 0.29) is 11.9 Å². The summed E-state index contributed by atoms with van der Waals surface area (Å²) in [4.78, 5) is 11.7. The maximum atomic E-state index is 11.7. The number of rotatable bonds is 5. The number of nitrogens with one attached hydrogen (secondary N) is 1. The van der Waals surface area contributed by atoms with E-state index in [4.69, 9.17) is 11.6 Å². The molecule has 1 atom stereocenters. The van der Waals surface area contributed by atoms with Crippen molar-refractivity contribution in [1.82, 2.24) is 5.32 Å². The van der Waals surface area contributed by atoms with Crippen molar-refractivity contribution in [1.29, 1.82) is 0 Å². The van der Waals surface area contributed by atoms with Crippen LogP contribution in [0.2, 0.25) is 0 Å². The highest BCUT2D eigenvalue weighted by atomic mass is 35.5. The van der Waals surface area contributed by atoms with Crippen LogP contribution in [0.3, 0.4) is 0 Å². The third-order valence-corrected chi connectivity index (χ3v) is 4.05. The molecule has 3 heteroatoms. The first-order chi connectivity index (χ1) is 9.20. The van der Waals surface area contributed by atoms with E-state index in [1.54, 1.807) is 0 Å². The number of fused-ring (bicyclic) bond motifs is 1. The Hall–Kier alpha value is -1.02. The number of alkyl halides is 1. The van der Waals surface area contributed by atoms with Crippen LogP contribution in [0.5, 0.6) is 0 Å². The van der Waals surface area contributed by atoms with Crippen LogP contribution in [-0.4, -0.2) is 11.8 Å². The van der Waals surface area contributed by atoms with Gasteiger partial charge in [0.1, 0.15) is 0 Å². The molecule has 0 aliphatic heterocycles. The van der Waals surface area contributed by atoms with Crippen molar-refractivity contribution in [2.75, 3.05) is 5.88 Å². The van der Waals surface area contributed by atoms with E-state index in [1.165, 1.54) is 42.4 Å². The minimum Gasteiger partial charge on any atom is -0.350 e. The molecule has 1 aromatic carbocycles. The van der Waals surface area contributed by atoms with E-state index in [0.717, 1.165) is 6.42 Å². The van der Waals surface area contributed by atoms with E-state index in [9.17, 15) is 4.79 Å². The van der Waals surface area contributed by atoms with Crippen molar-refractivity contribution < 1.29 is 4.79 Å². The van der Waals surface area contributed by atoms with Gasteiger partial charge in [-0.15, -0.1) is 11.6 Å². The molecular weight excluding hydrogens is 258 g/mol. The molecule has 0 aromatic heterocycles. The molecule has 1 aliphatic carbocycles. The largest absolute Gasteiger partial charge is 0.350 e. The highest BCUT2D eigenvalue weighted by Gasteiger charge is 2.13. The Balaban J connectivity index is 1.99. The lowest BCUT2D eigenvalue weighted by Gasteiger charge is -2.20. The minimum absolute atomic E-state index is 0.0788. The summed E-state index contributed by atoms with van der Waals surface area (Å²) in [5.74, 6) is 0.631. The number of halogens is 1. The smallest absolute Gasteiger partial charge is 0.220 e. The van der Waals surface area contributed by atoms with Crippen LogP contribution < -0.4 is 5.32 Å². The summed E-state index contributed by atoms with van der Waals surface area (Å²) in [5.41, 5.74) is 4.15. The van der Waals surface area contributed by atoms with E-state index in [2.05, 4.69) is 23.5 Å². The predicted octanol–water partition coefficient (Wildman–Crippen LogP) is 3.76. The molecule has 0 saturated heterocycles. The fraction of sp³-hybridized carbons (Fsp3) is 0.562. The van der Waals surface area contributed by atoms with Gasteiger partial charge in [-0.25, -0.2) is 0 Å². The number of hydrogen-bond donors (Lipinski definition) is 1. The molecule has 0 spiro atoms. The summed E-state index contributed by atoms with van der Waals surface area (Å²) in [6.07, 6.45) is 6.22. The molecule has 1 unspecified atom stereocenters. The molecule has 0 heterocycles. The third kappa shape index (κ3) is 3.97. The van der Waals surface area contributed by atoms with E-state index >= 15 is 0 Å². The summed E-state index contributed by atoms with van der Waals surface area (Å²) in [5, 5.41) is 3.04. The first kappa shape index (κ1) is 14.4. The number of hydrogen-bond acceptors (Lipinski definition) is 1. The Labute approximate surface area is 120 Å². The minimum atomic E-state index is 0.0788. The van der Waals surface area contributed by atoms with Crippen LogP contribution in [0.25, 0.3) is 0 Å². The molecule has 2 nitrogen and oxygen atoms in total. The summed E-state index contributed by atoms with van der Waals surface area (Å²) in [7, 11) is 0. The zero-order chi connectivity index (χ0) is 13.7. The lowest BCUT2D eigenvalue weighted by atomic mass is 9.89. The lowest BCUT2D eigenvalue weighted by molar-refractivity contribution is -0.121. The monoisotopic (exact) mass is 279 g/mol. The molecule has 0 saturated carbocycles. The van der Waals surface area contributed by atoms with Gasteiger partial charge < -0.3 is 5.32 Å². The summed E-state index contributed by atoms with van der Waals surface area (Å²) < 4.78 is 0. The van der Waals surface area contributed by atoms with Crippen LogP contribution >= 0.6 is 11.6 Å². The summed E-state index contributed by atoms with van der Waals surface area (Å²) in [6, 6.07) is 6.72. The van der Waals surface area contributed by atoms with Gasteiger partial charge in [0.05, 0.1) is 6.04 Å². The molecule has 1 N–H and O–H groups in total. The fourth-order valence-corrected chi connectivity index (χ4v) is 2.78. The van der Waals surface area contributed by atoms with Crippen molar-refractivity contribution in [2.24, 2.45) is 0 Å². The number of carbonyl (C=O) groups excluding carboxylic acids is 1. The van der Waals surface area contributed by atoms with Gasteiger partial charge in [-0.1, -0.05) is 18.2 Å². The molecule has 19 heavy (non-hydrogen) atoms. The van der Waals surface area contributed by atoms with Crippen LogP contribution in [0.4, 0.5) is 0 Å². The average Bonchev–Trinajstić information content (AvgIpc) is 2.44. The summed E-state index contributed by atoms with van der Waals surface area (Å²) in [6.45, 7) is 2.04. The Morgan fingerprint density at radius 3 is 2.79 bits per heavy atom. The van der Waals surface area contributed by atoms with Crippen molar-refractivity contribution in [3.63, 3.8) is 0 Å². The van der Waals surface area contributed by atoms with Gasteiger partial charge in [-0.2, -0.15) is 0 Å². The third-order valence-electron chi connectivity index (χ3n) is 3.79. The van der Waals surface area contributed by atoms with E-state index in [1.807, 2.05) is 6.92 Å². The highest BCUT2D eigenvalue weighted by Crippen LogP contribution is 2.24. The van der Waals surface area contributed by atoms with Crippen molar-refractivity contribution >= 4 is 17.5 Å². The quantitative estimate of drug-likeness (QED) is 0.817. The number of amides is 1. The standard InChI is InChI=1S/C16H22ClNO/c1-12(18-16(19)7-4-10-17)14-9-8-13-5-2-3-6-15(13)11-14/h8-9,11-12H,2-7,10H2,1H3,(H,18,19). The van der Waals surface area contributed by atoms with Crippen molar-refractivity contribution in [2.45, 2.75) is 51.5 Å². The Kier molecular flexibility index (Phi) is 5.26. The van der Waals surface area contributed by atoms with Crippen LogP contribution in [-0.2, 0) is 17.6 Å². The second-order valence-corrected chi connectivity index (χ2v) is 5.69. The Morgan fingerprint density at radius 1 is 1.32 bits per heavy atom. The highest BCUT2D eigenvalue weighted by molar-refractivity contribution is 6.17. The molecule has 1 aromatic rings. The zero-order valence-corrected chi connectivity index (χ0v) is 12.3. The van der Waals surface area contributed by atoms with E-state index < -0.39 is 0 Å². The normalized spacial score (nSPS) is 15.7. The maximum Gasteiger partial charge on any atom is 0.220 e. The molecule has 0 radical (unpaired) electrons. The lowest BCUT2D eigenvalue weighted by Crippen LogP contribution is -2.26. The van der Waals surface area contributed by atoms with Gasteiger partial charge in [0.25, 0.3) is 0 Å². The molecule has 1 amide bonds. The SMILES string of the molecule is CC(NC(=O)CCCCl)c1ccc2c(c1)CCCC2. The molecule has 2 rings (SSSR count). The van der Waals surface area contributed by atoms with Crippen molar-refractivity contribution in [3.05, 3.63) is 34.9 Å². The van der Waals surface area contributed by atoms with Gasteiger partial charge >= 0.3 is 0 Å². The predicted molar refractivity (Wildman–Crippen MR) is 79.6 cm³/mol. The molecular formula is C16H22ClNO.